The Morgan fingerprint density at radius 1 is 0.593 bits per heavy atom. The van der Waals surface area contributed by atoms with E-state index in [-0.39, 0.29) is 65.3 Å². The third kappa shape index (κ3) is 19.4. The van der Waals surface area contributed by atoms with E-state index in [1.54, 1.807) is 130 Å². The maximum Gasteiger partial charge on any atom is 0.416 e. The Labute approximate surface area is 472 Å². The van der Waals surface area contributed by atoms with Gasteiger partial charge in [-0.05, 0) is 91.6 Å². The largest absolute Gasteiger partial charge is 0.489 e. The first-order valence-electron chi connectivity index (χ1n) is 26.2. The molecular weight excluding hydrogens is 1030 g/mol. The minimum Gasteiger partial charge on any atom is -0.489 e. The van der Waals surface area contributed by atoms with Gasteiger partial charge in [0, 0.05) is 25.2 Å². The molecular formula is C62H70N8O11. The smallest absolute Gasteiger partial charge is 0.416 e. The van der Waals surface area contributed by atoms with E-state index in [2.05, 4.69) is 31.9 Å². The second-order valence-electron chi connectivity index (χ2n) is 19.9. The van der Waals surface area contributed by atoms with Crippen molar-refractivity contribution in [3.05, 3.63) is 203 Å². The summed E-state index contributed by atoms with van der Waals surface area (Å²) in [5.74, 6) is -3.65. The zero-order valence-corrected chi connectivity index (χ0v) is 44.8. The number of guanidine groups is 1. The molecule has 0 radical (unpaired) electrons. The van der Waals surface area contributed by atoms with Gasteiger partial charge in [0.25, 0.3) is 0 Å². The number of para-hydroxylation sites is 1. The van der Waals surface area contributed by atoms with Crippen molar-refractivity contribution >= 4 is 53.6 Å². The van der Waals surface area contributed by atoms with E-state index < -0.39 is 71.6 Å². The van der Waals surface area contributed by atoms with E-state index in [0.717, 1.165) is 16.0 Å². The third-order valence-corrected chi connectivity index (χ3v) is 12.6. The van der Waals surface area contributed by atoms with Crippen molar-refractivity contribution < 1.29 is 52.5 Å². The Kier molecular flexibility index (Phi) is 22.5. The molecule has 1 aliphatic heterocycles. The van der Waals surface area contributed by atoms with Crippen molar-refractivity contribution in [2.45, 2.75) is 110 Å². The summed E-state index contributed by atoms with van der Waals surface area (Å²) in [5, 5.41) is 25.1. The van der Waals surface area contributed by atoms with Crippen LogP contribution >= 0.6 is 0 Å². The fraction of sp³-hybridized carbons (Fsp3) is 0.290. The first kappa shape index (κ1) is 60.7. The van der Waals surface area contributed by atoms with Gasteiger partial charge in [-0.2, -0.15) is 0 Å². The Hall–Kier alpha value is -9.52. The number of nitrogens with zero attached hydrogens (tertiary/aromatic N) is 1. The molecule has 1 heterocycles. The average Bonchev–Trinajstić information content (AvgIpc) is 3.81. The molecule has 0 aliphatic carbocycles. The number of nitrogens with one attached hydrogen (secondary N) is 7. The molecule has 7 N–H and O–H groups in total. The van der Waals surface area contributed by atoms with Crippen molar-refractivity contribution in [1.29, 1.82) is 5.41 Å². The second-order valence-corrected chi connectivity index (χ2v) is 19.9. The summed E-state index contributed by atoms with van der Waals surface area (Å²) in [6.07, 6.45) is -3.58. The van der Waals surface area contributed by atoms with Crippen molar-refractivity contribution in [3.63, 3.8) is 0 Å². The minimum atomic E-state index is -1.49. The number of carbonyl (C=O) groups is 7. The zero-order chi connectivity index (χ0) is 56.9. The number of anilines is 1. The average molecular weight is 1100 g/mol. The van der Waals surface area contributed by atoms with Crippen LogP contribution in [0.3, 0.4) is 0 Å². The van der Waals surface area contributed by atoms with Gasteiger partial charge < -0.3 is 45.5 Å². The molecule has 0 spiro atoms. The van der Waals surface area contributed by atoms with E-state index >= 15 is 0 Å². The molecule has 1 aliphatic rings. The summed E-state index contributed by atoms with van der Waals surface area (Å²) in [7, 11) is 0. The first-order valence-corrected chi connectivity index (χ1v) is 26.2. The molecule has 7 amide bonds. The Bertz CT molecular complexity index is 3050. The summed E-state index contributed by atoms with van der Waals surface area (Å²) in [4.78, 5) is 98.6. The molecule has 0 bridgehead atoms. The van der Waals surface area contributed by atoms with Gasteiger partial charge in [0.15, 0.2) is 0 Å². The van der Waals surface area contributed by atoms with Crippen LogP contribution in [0.2, 0.25) is 0 Å². The normalized spacial score (nSPS) is 13.4. The number of hydrogen-bond donors (Lipinski definition) is 7. The number of benzene rings is 6. The summed E-state index contributed by atoms with van der Waals surface area (Å²) >= 11 is 0. The van der Waals surface area contributed by atoms with Crippen LogP contribution in [-0.2, 0) is 66.2 Å². The summed E-state index contributed by atoms with van der Waals surface area (Å²) in [6.45, 7) is 4.75. The van der Waals surface area contributed by atoms with Crippen molar-refractivity contribution in [2.75, 3.05) is 11.9 Å². The lowest BCUT2D eigenvalue weighted by Gasteiger charge is -2.28. The molecule has 4 atom stereocenters. The summed E-state index contributed by atoms with van der Waals surface area (Å²) < 4.78 is 22.5. The number of carbonyl (C=O) groups excluding carboxylic acids is 7. The van der Waals surface area contributed by atoms with Crippen LogP contribution in [0.4, 0.5) is 20.1 Å². The van der Waals surface area contributed by atoms with Gasteiger partial charge in [-0.3, -0.25) is 29.9 Å². The standard InChI is InChI=1S/C61H66N8O11.CH4/c1-61(2,3)80-59(75)67-51(35-41-30-32-46(33-31-41)77-38-43-21-10-5-11-22-43)56(73)65-50(55(72)66-52(54(71)63-37-42-19-8-4-9-20-42)36-48-47-27-16-17-28-49(47)64-53(48)70)29-18-34-69(60(76)79-40-45-25-14-7-15-26-45)57(62)68-58(74)78-39-44-23-12-6-13-24-44;/h4-17,19-28,30-33,48,50-52H,18,29,34-40H2,1-3H3,(H,63,71)(H,64,70)(H,65,73)(H,66,72)(H,67,75)(H2,62,68,74);1H4/t48?,50-,51-,52-;/m0./s1. The molecule has 7 rings (SSSR count). The Morgan fingerprint density at radius 2 is 1.12 bits per heavy atom. The second kappa shape index (κ2) is 30.0. The lowest BCUT2D eigenvalue weighted by atomic mass is 9.92. The van der Waals surface area contributed by atoms with Crippen LogP contribution in [0.5, 0.6) is 5.75 Å². The van der Waals surface area contributed by atoms with Crippen LogP contribution in [0.15, 0.2) is 170 Å². The van der Waals surface area contributed by atoms with Gasteiger partial charge in [-0.1, -0.05) is 159 Å². The molecule has 0 saturated carbocycles. The molecule has 1 unspecified atom stereocenters. The van der Waals surface area contributed by atoms with Crippen molar-refractivity contribution in [1.82, 2.24) is 31.5 Å². The van der Waals surface area contributed by atoms with E-state index in [4.69, 9.17) is 24.4 Å². The highest BCUT2D eigenvalue weighted by Gasteiger charge is 2.37. The third-order valence-electron chi connectivity index (χ3n) is 12.6. The fourth-order valence-electron chi connectivity index (χ4n) is 8.52. The molecule has 424 valence electrons. The first-order chi connectivity index (χ1) is 38.6. The highest BCUT2D eigenvalue weighted by Crippen LogP contribution is 2.35. The van der Waals surface area contributed by atoms with E-state index in [1.807, 2.05) is 60.7 Å². The Morgan fingerprint density at radius 3 is 1.73 bits per heavy atom. The molecule has 81 heavy (non-hydrogen) atoms. The van der Waals surface area contributed by atoms with E-state index in [9.17, 15) is 33.6 Å². The molecule has 0 saturated heterocycles. The number of alkyl carbamates (subject to hydrolysis) is 2. The predicted molar refractivity (Wildman–Crippen MR) is 305 cm³/mol. The minimum absolute atomic E-state index is 0. The predicted octanol–water partition coefficient (Wildman–Crippen LogP) is 9.03. The van der Waals surface area contributed by atoms with Crippen LogP contribution in [0.1, 0.15) is 86.8 Å². The summed E-state index contributed by atoms with van der Waals surface area (Å²) in [5.41, 5.74) is 3.91. The van der Waals surface area contributed by atoms with Crippen molar-refractivity contribution in [3.8, 4) is 5.75 Å². The van der Waals surface area contributed by atoms with E-state index in [1.165, 1.54) is 0 Å². The van der Waals surface area contributed by atoms with Crippen LogP contribution < -0.4 is 36.6 Å². The highest BCUT2D eigenvalue weighted by atomic mass is 16.6. The maximum absolute atomic E-state index is 14.9. The van der Waals surface area contributed by atoms with Gasteiger partial charge in [-0.25, -0.2) is 19.3 Å². The summed E-state index contributed by atoms with van der Waals surface area (Å²) in [6, 6.07) is 46.1. The SMILES string of the molecule is C.CC(C)(C)OC(=O)N[C@@H](Cc1ccc(OCc2ccccc2)cc1)C(=O)N[C@@H](CCCN(C(=N)NC(=O)OCc1ccccc1)C(=O)OCc1ccccc1)C(=O)N[C@@H](CC1C(=O)Nc2ccccc21)C(=O)NCc1ccccc1. The van der Waals surface area contributed by atoms with Gasteiger partial charge in [0.1, 0.15) is 49.3 Å². The number of hydrogen-bond acceptors (Lipinski definition) is 12. The number of rotatable bonds is 23. The Balaban J connectivity index is 0.0000106. The van der Waals surface area contributed by atoms with Gasteiger partial charge in [0.05, 0.1) is 5.92 Å². The molecule has 0 fully saturated rings. The molecule has 19 nitrogen and oxygen atoms in total. The van der Waals surface area contributed by atoms with Crippen molar-refractivity contribution in [2.24, 2.45) is 0 Å². The molecule has 19 heteroatoms. The monoisotopic (exact) mass is 1100 g/mol. The van der Waals surface area contributed by atoms with Crippen LogP contribution in [0, 0.1) is 5.41 Å². The lowest BCUT2D eigenvalue weighted by molar-refractivity contribution is -0.133. The number of amides is 7. The molecule has 6 aromatic carbocycles. The molecule has 0 aromatic heterocycles. The van der Waals surface area contributed by atoms with Gasteiger partial charge in [0.2, 0.25) is 29.6 Å². The highest BCUT2D eigenvalue weighted by molar-refractivity contribution is 6.04. The topological polar surface area (TPSA) is 256 Å². The maximum atomic E-state index is 14.9. The number of ether oxygens (including phenoxy) is 4. The lowest BCUT2D eigenvalue weighted by Crippen LogP contribution is -2.57. The van der Waals surface area contributed by atoms with Gasteiger partial charge in [-0.15, -0.1) is 0 Å². The quantitative estimate of drug-likeness (QED) is 0.0181. The fourth-order valence-corrected chi connectivity index (χ4v) is 8.52. The van der Waals surface area contributed by atoms with Crippen LogP contribution in [-0.4, -0.2) is 83.0 Å². The molecule has 6 aromatic rings. The van der Waals surface area contributed by atoms with Crippen LogP contribution in [0.25, 0.3) is 0 Å². The van der Waals surface area contributed by atoms with E-state index in [0.29, 0.717) is 40.3 Å². The zero-order valence-electron chi connectivity index (χ0n) is 44.8. The number of fused-ring (bicyclic) bond motifs is 1. The van der Waals surface area contributed by atoms with Gasteiger partial charge >= 0.3 is 18.3 Å².